The van der Waals surface area contributed by atoms with Gasteiger partial charge in [-0.15, -0.1) is 0 Å². The second kappa shape index (κ2) is 7.47. The smallest absolute Gasteiger partial charge is 0.233 e. The van der Waals surface area contributed by atoms with E-state index in [0.29, 0.717) is 29.5 Å². The van der Waals surface area contributed by atoms with Gasteiger partial charge in [0.05, 0.1) is 12.8 Å². The number of piperazine rings is 1. The van der Waals surface area contributed by atoms with E-state index in [2.05, 4.69) is 10.2 Å². The zero-order chi connectivity index (χ0) is 16.1. The summed E-state index contributed by atoms with van der Waals surface area (Å²) in [5, 5.41) is 3.16. The van der Waals surface area contributed by atoms with Crippen LogP contribution in [0.1, 0.15) is 6.42 Å². The Morgan fingerprint density at radius 1 is 1.27 bits per heavy atom. The number of ether oxygens (including phenoxy) is 1. The van der Waals surface area contributed by atoms with Gasteiger partial charge >= 0.3 is 0 Å². The van der Waals surface area contributed by atoms with Gasteiger partial charge in [-0.05, 0) is 25.2 Å². The molecule has 6 nitrogen and oxygen atoms in total. The zero-order valence-electron chi connectivity index (χ0n) is 12.8. The van der Waals surface area contributed by atoms with Crippen LogP contribution in [-0.2, 0) is 9.59 Å². The molecule has 2 rings (SSSR count). The van der Waals surface area contributed by atoms with Crippen LogP contribution in [-0.4, -0.2) is 62.0 Å². The number of carbonyl (C=O) groups is 2. The summed E-state index contributed by atoms with van der Waals surface area (Å²) in [6, 6.07) is 4.93. The van der Waals surface area contributed by atoms with Crippen molar-refractivity contribution in [2.24, 2.45) is 0 Å². The molecule has 0 atom stereocenters. The lowest BCUT2D eigenvalue weighted by Crippen LogP contribution is -2.47. The van der Waals surface area contributed by atoms with Gasteiger partial charge in [-0.25, -0.2) is 0 Å². The molecular formula is C15H20ClN3O3. The normalized spacial score (nSPS) is 15.5. The van der Waals surface area contributed by atoms with Crippen LogP contribution in [0, 0.1) is 0 Å². The molecule has 7 heteroatoms. The third-order valence-corrected chi connectivity index (χ3v) is 3.84. The molecule has 0 saturated carbocycles. The largest absolute Gasteiger partial charge is 0.495 e. The minimum absolute atomic E-state index is 0.161. The number of amides is 2. The van der Waals surface area contributed by atoms with Crippen molar-refractivity contribution in [2.75, 3.05) is 45.7 Å². The number of likely N-dealkylation sites (N-methyl/N-ethyl adjacent to an activating group) is 1. The van der Waals surface area contributed by atoms with E-state index in [0.717, 1.165) is 13.1 Å². The summed E-state index contributed by atoms with van der Waals surface area (Å²) < 4.78 is 5.16. The van der Waals surface area contributed by atoms with Crippen molar-refractivity contribution in [3.63, 3.8) is 0 Å². The molecule has 1 saturated heterocycles. The summed E-state index contributed by atoms with van der Waals surface area (Å²) in [5.41, 5.74) is 0.464. The number of nitrogens with zero attached hydrogens (tertiary/aromatic N) is 2. The Balaban J connectivity index is 1.92. The van der Waals surface area contributed by atoms with Gasteiger partial charge in [0.1, 0.15) is 12.2 Å². The van der Waals surface area contributed by atoms with E-state index in [4.69, 9.17) is 16.3 Å². The maximum Gasteiger partial charge on any atom is 0.233 e. The van der Waals surface area contributed by atoms with Gasteiger partial charge in [-0.3, -0.25) is 9.59 Å². The molecule has 0 aromatic heterocycles. The molecular weight excluding hydrogens is 306 g/mol. The third-order valence-electron chi connectivity index (χ3n) is 3.60. The summed E-state index contributed by atoms with van der Waals surface area (Å²) in [5.74, 6) is -0.0270. The molecule has 0 aliphatic carbocycles. The van der Waals surface area contributed by atoms with Crippen LogP contribution in [0.15, 0.2) is 18.2 Å². The second-order valence-corrected chi connectivity index (χ2v) is 5.69. The topological polar surface area (TPSA) is 61.9 Å². The Bertz CT molecular complexity index is 557. The monoisotopic (exact) mass is 325 g/mol. The summed E-state index contributed by atoms with van der Waals surface area (Å²) >= 11 is 5.91. The predicted octanol–water partition coefficient (Wildman–Crippen LogP) is 1.45. The van der Waals surface area contributed by atoms with E-state index in [9.17, 15) is 9.59 Å². The number of halogens is 1. The highest BCUT2D eigenvalue weighted by Crippen LogP contribution is 2.27. The van der Waals surface area contributed by atoms with Crippen molar-refractivity contribution in [3.8, 4) is 5.75 Å². The molecule has 1 aliphatic rings. The van der Waals surface area contributed by atoms with Crippen molar-refractivity contribution in [1.82, 2.24) is 9.80 Å². The number of rotatable bonds is 4. The van der Waals surface area contributed by atoms with Crippen molar-refractivity contribution in [2.45, 2.75) is 6.42 Å². The van der Waals surface area contributed by atoms with Crippen LogP contribution in [0.25, 0.3) is 0 Å². The molecule has 0 bridgehead atoms. The Morgan fingerprint density at radius 2 is 1.95 bits per heavy atom. The first kappa shape index (κ1) is 16.6. The number of hydrogen-bond acceptors (Lipinski definition) is 4. The average molecular weight is 326 g/mol. The van der Waals surface area contributed by atoms with Gasteiger partial charge in [-0.1, -0.05) is 11.6 Å². The molecule has 22 heavy (non-hydrogen) atoms. The van der Waals surface area contributed by atoms with Gasteiger partial charge < -0.3 is 19.9 Å². The first-order chi connectivity index (χ1) is 10.5. The lowest BCUT2D eigenvalue weighted by molar-refractivity contribution is -0.135. The van der Waals surface area contributed by atoms with Crippen molar-refractivity contribution >= 4 is 29.1 Å². The number of carbonyl (C=O) groups excluding carboxylic acids is 2. The van der Waals surface area contributed by atoms with Gasteiger partial charge in [-0.2, -0.15) is 0 Å². The number of nitrogens with one attached hydrogen (secondary N) is 1. The SMILES string of the molecule is COc1ccc(Cl)cc1NC(=O)CC(=O)N1CCN(C)CC1. The second-order valence-electron chi connectivity index (χ2n) is 5.25. The molecule has 2 amide bonds. The lowest BCUT2D eigenvalue weighted by Gasteiger charge is -2.32. The van der Waals surface area contributed by atoms with E-state index in [1.165, 1.54) is 7.11 Å². The fraction of sp³-hybridized carbons (Fsp3) is 0.467. The molecule has 0 radical (unpaired) electrons. The number of hydrogen-bond donors (Lipinski definition) is 1. The number of benzene rings is 1. The molecule has 1 aromatic rings. The summed E-state index contributed by atoms with van der Waals surface area (Å²) in [4.78, 5) is 28.0. The highest BCUT2D eigenvalue weighted by atomic mass is 35.5. The Labute approximate surface area is 135 Å². The zero-order valence-corrected chi connectivity index (χ0v) is 13.5. The van der Waals surface area contributed by atoms with E-state index in [1.807, 2.05) is 7.05 Å². The molecule has 1 N–H and O–H groups in total. The van der Waals surface area contributed by atoms with Crippen LogP contribution in [0.3, 0.4) is 0 Å². The first-order valence-electron chi connectivity index (χ1n) is 7.09. The minimum atomic E-state index is -0.371. The third kappa shape index (κ3) is 4.35. The highest BCUT2D eigenvalue weighted by Gasteiger charge is 2.21. The Morgan fingerprint density at radius 3 is 2.59 bits per heavy atom. The highest BCUT2D eigenvalue weighted by molar-refractivity contribution is 6.31. The van der Waals surface area contributed by atoms with Crippen LogP contribution < -0.4 is 10.1 Å². The van der Waals surface area contributed by atoms with Gasteiger partial charge in [0.15, 0.2) is 0 Å². The van der Waals surface area contributed by atoms with E-state index in [1.54, 1.807) is 23.1 Å². The van der Waals surface area contributed by atoms with Gasteiger partial charge in [0.2, 0.25) is 11.8 Å². The van der Waals surface area contributed by atoms with Gasteiger partial charge in [0.25, 0.3) is 0 Å². The maximum atomic E-state index is 12.1. The molecule has 1 aromatic carbocycles. The van der Waals surface area contributed by atoms with E-state index >= 15 is 0 Å². The average Bonchev–Trinajstić information content (AvgIpc) is 2.48. The van der Waals surface area contributed by atoms with Crippen LogP contribution in [0.4, 0.5) is 5.69 Å². The summed E-state index contributed by atoms with van der Waals surface area (Å²) in [6.07, 6.45) is -0.181. The minimum Gasteiger partial charge on any atom is -0.495 e. The van der Waals surface area contributed by atoms with E-state index < -0.39 is 0 Å². The molecule has 1 heterocycles. The number of methoxy groups -OCH3 is 1. The quantitative estimate of drug-likeness (QED) is 0.851. The summed E-state index contributed by atoms with van der Waals surface area (Å²) in [6.45, 7) is 2.97. The molecule has 0 spiro atoms. The van der Waals surface area contributed by atoms with Crippen LogP contribution in [0.2, 0.25) is 5.02 Å². The Kier molecular flexibility index (Phi) is 5.63. The maximum absolute atomic E-state index is 12.1. The molecule has 120 valence electrons. The fourth-order valence-corrected chi connectivity index (χ4v) is 2.45. The first-order valence-corrected chi connectivity index (χ1v) is 7.47. The van der Waals surface area contributed by atoms with Crippen molar-refractivity contribution in [1.29, 1.82) is 0 Å². The summed E-state index contributed by atoms with van der Waals surface area (Å²) in [7, 11) is 3.52. The number of anilines is 1. The molecule has 1 aliphatic heterocycles. The van der Waals surface area contributed by atoms with Crippen LogP contribution in [0.5, 0.6) is 5.75 Å². The van der Waals surface area contributed by atoms with Gasteiger partial charge in [0, 0.05) is 31.2 Å². The van der Waals surface area contributed by atoms with E-state index in [-0.39, 0.29) is 18.2 Å². The predicted molar refractivity (Wildman–Crippen MR) is 85.3 cm³/mol. The molecule has 1 fully saturated rings. The fourth-order valence-electron chi connectivity index (χ4n) is 2.28. The van der Waals surface area contributed by atoms with Crippen LogP contribution >= 0.6 is 11.6 Å². The van der Waals surface area contributed by atoms with Crippen molar-refractivity contribution in [3.05, 3.63) is 23.2 Å². The van der Waals surface area contributed by atoms with Crippen molar-refractivity contribution < 1.29 is 14.3 Å². The Hall–Kier alpha value is -1.79. The molecule has 0 unspecified atom stereocenters. The lowest BCUT2D eigenvalue weighted by atomic mass is 10.2. The standard InChI is InChI=1S/C15H20ClN3O3/c1-18-5-7-19(8-6-18)15(21)10-14(20)17-12-9-11(16)3-4-13(12)22-2/h3-4,9H,5-8,10H2,1-2H3,(H,17,20).